The maximum atomic E-state index is 14.7. The zero-order valence-corrected chi connectivity index (χ0v) is 48.2. The minimum atomic E-state index is -1.93. The van der Waals surface area contributed by atoms with E-state index in [1.807, 2.05) is 6.92 Å². The third-order valence-corrected chi connectivity index (χ3v) is 14.3. The molecule has 0 amide bonds. The van der Waals surface area contributed by atoms with Crippen LogP contribution < -0.4 is 4.74 Å². The first-order chi connectivity index (χ1) is 37.4. The van der Waals surface area contributed by atoms with E-state index in [0.717, 1.165) is 0 Å². The molecular formula is C55H88O25. The third kappa shape index (κ3) is 17.6. The zero-order chi connectivity index (χ0) is 60.2. The topological polar surface area (TPSA) is 364 Å². The quantitative estimate of drug-likeness (QED) is 0.0352. The van der Waals surface area contributed by atoms with Gasteiger partial charge in [0.15, 0.2) is 49.1 Å². The normalized spacial score (nSPS) is 26.2. The summed E-state index contributed by atoms with van der Waals surface area (Å²) in [5.74, 6) is -4.46. The Morgan fingerprint density at radius 1 is 0.787 bits per heavy atom. The molecule has 0 aromatic heterocycles. The van der Waals surface area contributed by atoms with E-state index in [9.17, 15) is 65.4 Å². The minimum absolute atomic E-state index is 0.104. The number of carbonyl (C=O) groups excluding carboxylic acids is 3. The minimum Gasteiger partial charge on any atom is -0.507 e. The van der Waals surface area contributed by atoms with E-state index in [-0.39, 0.29) is 65.9 Å². The maximum absolute atomic E-state index is 14.7. The van der Waals surface area contributed by atoms with Crippen molar-refractivity contribution in [3.05, 3.63) is 28.8 Å². The van der Waals surface area contributed by atoms with Crippen molar-refractivity contribution in [1.82, 2.24) is 0 Å². The van der Waals surface area contributed by atoms with Gasteiger partial charge in [-0.1, -0.05) is 6.92 Å². The van der Waals surface area contributed by atoms with Gasteiger partial charge < -0.3 is 108 Å². The summed E-state index contributed by atoms with van der Waals surface area (Å²) < 4.78 is 68.8. The van der Waals surface area contributed by atoms with Crippen molar-refractivity contribution in [3.63, 3.8) is 0 Å². The number of hydrogen-bond donors (Lipinski definition) is 10. The van der Waals surface area contributed by atoms with Gasteiger partial charge in [-0.25, -0.2) is 0 Å². The molecule has 0 bridgehead atoms. The summed E-state index contributed by atoms with van der Waals surface area (Å²) in [6.45, 7) is 18.4. The fourth-order valence-corrected chi connectivity index (χ4v) is 9.35. The Kier molecular flexibility index (Phi) is 26.3. The number of phenols is 2. The van der Waals surface area contributed by atoms with Crippen LogP contribution in [0.5, 0.6) is 17.2 Å². The van der Waals surface area contributed by atoms with Crippen molar-refractivity contribution < 1.29 is 122 Å². The van der Waals surface area contributed by atoms with Crippen LogP contribution >= 0.6 is 0 Å². The highest BCUT2D eigenvalue weighted by Gasteiger charge is 2.52. The first-order valence-electron chi connectivity index (χ1n) is 27.1. The molecule has 10 unspecified atom stereocenters. The molecule has 1 saturated heterocycles. The maximum Gasteiger partial charge on any atom is 0.306 e. The van der Waals surface area contributed by atoms with Gasteiger partial charge in [0.1, 0.15) is 65.6 Å². The van der Waals surface area contributed by atoms with Crippen molar-refractivity contribution in [2.24, 2.45) is 5.92 Å². The van der Waals surface area contributed by atoms with Gasteiger partial charge in [0.25, 0.3) is 0 Å². The van der Waals surface area contributed by atoms with Crippen LogP contribution in [0.3, 0.4) is 0 Å². The smallest absolute Gasteiger partial charge is 0.306 e. The lowest BCUT2D eigenvalue weighted by atomic mass is 9.75. The number of ketones is 2. The van der Waals surface area contributed by atoms with E-state index in [4.69, 9.17) is 56.8 Å². The molecule has 2 aromatic carbocycles. The lowest BCUT2D eigenvalue weighted by molar-refractivity contribution is -0.235. The second-order valence-corrected chi connectivity index (χ2v) is 21.0. The van der Waals surface area contributed by atoms with Crippen LogP contribution in [0.4, 0.5) is 0 Å². The summed E-state index contributed by atoms with van der Waals surface area (Å²) in [5, 5.41) is 108. The summed E-state index contributed by atoms with van der Waals surface area (Å²) >= 11 is 0. The molecule has 25 heteroatoms. The lowest BCUT2D eigenvalue weighted by Gasteiger charge is -2.38. The second kappa shape index (κ2) is 30.7. The Labute approximate surface area is 466 Å². The van der Waals surface area contributed by atoms with E-state index < -0.39 is 164 Å². The number of carbonyl (C=O) groups is 3. The molecule has 458 valence electrons. The molecule has 4 rings (SSSR count). The average Bonchev–Trinajstić information content (AvgIpc) is 3.58. The zero-order valence-electron chi connectivity index (χ0n) is 48.2. The number of Topliss-reactive ketones (excluding diaryl/α,β-unsaturated/α-hetero) is 2. The van der Waals surface area contributed by atoms with Crippen LogP contribution in [0.25, 0.3) is 10.8 Å². The number of hydrogen-bond acceptors (Lipinski definition) is 25. The molecule has 2 aliphatic rings. The van der Waals surface area contributed by atoms with E-state index in [1.165, 1.54) is 60.8 Å². The predicted molar refractivity (Wildman–Crippen MR) is 281 cm³/mol. The summed E-state index contributed by atoms with van der Waals surface area (Å²) in [4.78, 5) is 40.4. The van der Waals surface area contributed by atoms with E-state index >= 15 is 0 Å². The molecular weight excluding hydrogens is 1060 g/mol. The molecule has 1 heterocycles. The molecule has 1 aliphatic carbocycles. The number of aliphatic hydroxyl groups is 8. The standard InChI is InChI=1S/C55H88O25/c1-15-16-43(61)80-42(20-56)29(7)76-32(10)71-22-38(58)27(5)74-33(11)78-41-19-36-17-35-18-37(51(69-14)50(66)47(63)25(3)57)52(49(65)45(35)48(64)44(36)46(62)24(41)2)79-34(12)75-28(6)39(59)21-70-31(9)73-26(4)40(60)23-72-54-55(13,68)53(67)30(8)77-54/h17,19,25-34,37-40,42,47,51-54,56-60,62-64,67-68H,15-16,18,20-23H2,1-14H3/t25-,26?,27?,28?,29?,30?,31?,32?,33?,34+,37+,38+,39+,40-,42+,47+,51+,52+,53-,54?,55?/m1/s1. The van der Waals surface area contributed by atoms with Crippen LogP contribution in [0.15, 0.2) is 12.1 Å². The first kappa shape index (κ1) is 68.7. The van der Waals surface area contributed by atoms with Gasteiger partial charge in [0, 0.05) is 25.0 Å². The van der Waals surface area contributed by atoms with Crippen molar-refractivity contribution in [1.29, 1.82) is 0 Å². The Bertz CT molecular complexity index is 2300. The molecule has 0 spiro atoms. The molecule has 0 saturated carbocycles. The van der Waals surface area contributed by atoms with Gasteiger partial charge in [-0.2, -0.15) is 0 Å². The number of rotatable bonds is 34. The Morgan fingerprint density at radius 3 is 1.84 bits per heavy atom. The van der Waals surface area contributed by atoms with Gasteiger partial charge in [-0.3, -0.25) is 14.4 Å². The number of esters is 1. The monoisotopic (exact) mass is 1150 g/mol. The number of aliphatic hydroxyl groups excluding tert-OH is 7. The predicted octanol–water partition coefficient (Wildman–Crippen LogP) is 1.70. The highest BCUT2D eigenvalue weighted by atomic mass is 16.7. The van der Waals surface area contributed by atoms with Crippen LogP contribution in [-0.2, 0) is 68.1 Å². The van der Waals surface area contributed by atoms with Crippen LogP contribution in [-0.4, -0.2) is 225 Å². The summed E-state index contributed by atoms with van der Waals surface area (Å²) in [7, 11) is 1.18. The van der Waals surface area contributed by atoms with E-state index in [1.54, 1.807) is 41.5 Å². The van der Waals surface area contributed by atoms with Crippen LogP contribution in [0.2, 0.25) is 0 Å². The van der Waals surface area contributed by atoms with Gasteiger partial charge >= 0.3 is 5.97 Å². The Morgan fingerprint density at radius 2 is 1.32 bits per heavy atom. The molecule has 1 aliphatic heterocycles. The first-order valence-corrected chi connectivity index (χ1v) is 27.1. The van der Waals surface area contributed by atoms with Crippen molar-refractivity contribution in [2.75, 3.05) is 33.5 Å². The fourth-order valence-electron chi connectivity index (χ4n) is 9.35. The number of methoxy groups -OCH3 is 1. The molecule has 25 nitrogen and oxygen atoms in total. The highest BCUT2D eigenvalue weighted by Crippen LogP contribution is 2.47. The largest absolute Gasteiger partial charge is 0.507 e. The van der Waals surface area contributed by atoms with E-state index in [2.05, 4.69) is 0 Å². The van der Waals surface area contributed by atoms with Crippen molar-refractivity contribution >= 4 is 28.3 Å². The molecule has 1 fully saturated rings. The molecule has 10 N–H and O–H groups in total. The number of aromatic hydroxyl groups is 2. The fraction of sp³-hybridized carbons (Fsp3) is 0.764. The average molecular weight is 1150 g/mol. The van der Waals surface area contributed by atoms with Crippen LogP contribution in [0.1, 0.15) is 117 Å². The highest BCUT2D eigenvalue weighted by molar-refractivity contribution is 6.11. The van der Waals surface area contributed by atoms with Gasteiger partial charge in [-0.15, -0.1) is 0 Å². The summed E-state index contributed by atoms with van der Waals surface area (Å²) in [5.41, 5.74) is -1.61. The number of fused-ring (bicyclic) bond motifs is 2. The van der Waals surface area contributed by atoms with Gasteiger partial charge in [0.05, 0.1) is 74.0 Å². The molecule has 21 atom stereocenters. The second-order valence-electron chi connectivity index (χ2n) is 21.0. The molecule has 2 aromatic rings. The third-order valence-electron chi connectivity index (χ3n) is 14.3. The van der Waals surface area contributed by atoms with Gasteiger partial charge in [0.2, 0.25) is 0 Å². The number of ether oxygens (including phenoxy) is 12. The SMILES string of the molecule is CCCC(=O)O[C@@H](CO)C(C)OC(C)OC[C@H](O)C(C)OC(C)Oc1cc2cc3c(c(O)c2c(O)c1C)C(=O)[C@@H](O[C@@H](C)OC(C)[C@@H](O)COC(C)OC(C)[C@H](O)COC1OC(C)[C@@H](O)C1(C)O)[C@H]([C@H](OC)C(=O)[C@@H](O)[C@@H](C)O)C3. The number of benzene rings is 2. The molecule has 0 radical (unpaired) electrons. The molecule has 80 heavy (non-hydrogen) atoms. The lowest BCUT2D eigenvalue weighted by Crippen LogP contribution is -2.52. The number of phenolic OH excluding ortho intramolecular Hbond substituents is 2. The van der Waals surface area contributed by atoms with Crippen molar-refractivity contribution in [2.45, 2.75) is 232 Å². The summed E-state index contributed by atoms with van der Waals surface area (Å²) in [6.07, 6.45) is -21.5. The van der Waals surface area contributed by atoms with Gasteiger partial charge in [-0.05, 0) is 119 Å². The van der Waals surface area contributed by atoms with Crippen molar-refractivity contribution in [3.8, 4) is 17.2 Å². The summed E-state index contributed by atoms with van der Waals surface area (Å²) in [6, 6.07) is 3.01. The Balaban J connectivity index is 1.46. The van der Waals surface area contributed by atoms with E-state index in [0.29, 0.717) is 6.42 Å². The van der Waals surface area contributed by atoms with Crippen LogP contribution in [0, 0.1) is 12.8 Å². The Hall–Kier alpha value is -3.81.